The topological polar surface area (TPSA) is 63.9 Å². The molecule has 7 heteroatoms. The van der Waals surface area contributed by atoms with Gasteiger partial charge in [-0.25, -0.2) is 4.39 Å². The summed E-state index contributed by atoms with van der Waals surface area (Å²) in [7, 11) is 0. The SMILES string of the molecule is O=C(c1cccnc1)N1CCCCCCn2c(nnc2-c2ccc(F)cc2)CC1. The molecule has 1 aliphatic heterocycles. The molecule has 1 aromatic carbocycles. The standard InChI is InChI=1S/C22H24FN5O/c23-19-9-7-17(8-10-19)21-26-25-20-11-15-27(13-3-1-2-4-14-28(20)21)22(29)18-6-5-12-24-16-18/h5-10,12,16H,1-4,11,13-15H2. The highest BCUT2D eigenvalue weighted by Gasteiger charge is 2.20. The van der Waals surface area contributed by atoms with E-state index in [0.717, 1.165) is 56.0 Å². The maximum atomic E-state index is 13.3. The second-order valence-electron chi connectivity index (χ2n) is 7.30. The molecule has 0 bridgehead atoms. The third-order valence-corrected chi connectivity index (χ3v) is 5.29. The Labute approximate surface area is 169 Å². The molecule has 29 heavy (non-hydrogen) atoms. The number of fused-ring (bicyclic) bond motifs is 1. The van der Waals surface area contributed by atoms with Gasteiger partial charge in [0.2, 0.25) is 0 Å². The number of hydrogen-bond acceptors (Lipinski definition) is 4. The molecule has 0 fully saturated rings. The van der Waals surface area contributed by atoms with Gasteiger partial charge in [-0.05, 0) is 49.2 Å². The van der Waals surface area contributed by atoms with E-state index in [0.29, 0.717) is 18.5 Å². The Balaban J connectivity index is 1.58. The number of carbonyl (C=O) groups is 1. The molecule has 0 saturated carbocycles. The molecular weight excluding hydrogens is 369 g/mol. The minimum atomic E-state index is -0.268. The molecule has 4 rings (SSSR count). The highest BCUT2D eigenvalue weighted by Crippen LogP contribution is 2.21. The molecule has 0 atom stereocenters. The average Bonchev–Trinajstić information content (AvgIpc) is 3.14. The van der Waals surface area contributed by atoms with Crippen LogP contribution in [0.3, 0.4) is 0 Å². The van der Waals surface area contributed by atoms with E-state index in [9.17, 15) is 9.18 Å². The van der Waals surface area contributed by atoms with E-state index in [-0.39, 0.29) is 11.7 Å². The van der Waals surface area contributed by atoms with Crippen molar-refractivity contribution in [1.29, 1.82) is 0 Å². The van der Waals surface area contributed by atoms with Gasteiger partial charge in [-0.1, -0.05) is 12.8 Å². The summed E-state index contributed by atoms with van der Waals surface area (Å²) in [6.07, 6.45) is 8.06. The molecular formula is C22H24FN5O. The zero-order chi connectivity index (χ0) is 20.1. The normalized spacial score (nSPS) is 15.4. The number of pyridine rings is 1. The van der Waals surface area contributed by atoms with Crippen LogP contribution in [0.1, 0.15) is 41.9 Å². The third kappa shape index (κ3) is 4.50. The average molecular weight is 393 g/mol. The minimum absolute atomic E-state index is 0.00201. The van der Waals surface area contributed by atoms with Crippen molar-refractivity contribution in [3.8, 4) is 11.4 Å². The zero-order valence-corrected chi connectivity index (χ0v) is 16.3. The molecule has 3 heterocycles. The van der Waals surface area contributed by atoms with Crippen molar-refractivity contribution in [3.63, 3.8) is 0 Å². The molecule has 0 aliphatic carbocycles. The van der Waals surface area contributed by atoms with Gasteiger partial charge in [0.25, 0.3) is 5.91 Å². The lowest BCUT2D eigenvalue weighted by molar-refractivity contribution is 0.0753. The predicted octanol–water partition coefficient (Wildman–Crippen LogP) is 3.74. The summed E-state index contributed by atoms with van der Waals surface area (Å²) in [5.74, 6) is 1.34. The Morgan fingerprint density at radius 2 is 1.72 bits per heavy atom. The third-order valence-electron chi connectivity index (χ3n) is 5.29. The zero-order valence-electron chi connectivity index (χ0n) is 16.3. The number of carbonyl (C=O) groups excluding carboxylic acids is 1. The van der Waals surface area contributed by atoms with Gasteiger partial charge in [-0.15, -0.1) is 10.2 Å². The van der Waals surface area contributed by atoms with Crippen LogP contribution in [0.5, 0.6) is 0 Å². The number of amides is 1. The number of rotatable bonds is 2. The molecule has 3 aromatic rings. The predicted molar refractivity (Wildman–Crippen MR) is 108 cm³/mol. The lowest BCUT2D eigenvalue weighted by Crippen LogP contribution is -2.34. The lowest BCUT2D eigenvalue weighted by Gasteiger charge is -2.22. The maximum Gasteiger partial charge on any atom is 0.255 e. The molecule has 150 valence electrons. The second kappa shape index (κ2) is 8.94. The highest BCUT2D eigenvalue weighted by molar-refractivity contribution is 5.93. The van der Waals surface area contributed by atoms with Crippen molar-refractivity contribution in [2.24, 2.45) is 0 Å². The molecule has 0 unspecified atom stereocenters. The van der Waals surface area contributed by atoms with Crippen LogP contribution >= 0.6 is 0 Å². The molecule has 6 nitrogen and oxygen atoms in total. The van der Waals surface area contributed by atoms with Crippen LogP contribution in [0, 0.1) is 5.82 Å². The summed E-state index contributed by atoms with van der Waals surface area (Å²) >= 11 is 0. The van der Waals surface area contributed by atoms with Crippen LogP contribution in [-0.4, -0.2) is 43.6 Å². The van der Waals surface area contributed by atoms with Gasteiger partial charge in [0.05, 0.1) is 5.56 Å². The van der Waals surface area contributed by atoms with Crippen molar-refractivity contribution in [2.45, 2.75) is 38.6 Å². The van der Waals surface area contributed by atoms with Crippen LogP contribution in [0.2, 0.25) is 0 Å². The fourth-order valence-corrected chi connectivity index (χ4v) is 3.72. The largest absolute Gasteiger partial charge is 0.338 e. The first-order chi connectivity index (χ1) is 14.2. The summed E-state index contributed by atoms with van der Waals surface area (Å²) in [5, 5.41) is 8.77. The Hall–Kier alpha value is -3.09. The molecule has 1 aliphatic rings. The number of aromatic nitrogens is 4. The van der Waals surface area contributed by atoms with Crippen LogP contribution in [0.4, 0.5) is 4.39 Å². The van der Waals surface area contributed by atoms with Crippen LogP contribution in [-0.2, 0) is 13.0 Å². The monoisotopic (exact) mass is 393 g/mol. The number of hydrogen-bond donors (Lipinski definition) is 0. The number of halogens is 1. The maximum absolute atomic E-state index is 13.3. The Morgan fingerprint density at radius 1 is 0.931 bits per heavy atom. The van der Waals surface area contributed by atoms with Crippen LogP contribution < -0.4 is 0 Å². The molecule has 2 aromatic heterocycles. The van der Waals surface area contributed by atoms with E-state index in [1.54, 1.807) is 36.7 Å². The van der Waals surface area contributed by atoms with Gasteiger partial charge >= 0.3 is 0 Å². The lowest BCUT2D eigenvalue weighted by atomic mass is 10.1. The fourth-order valence-electron chi connectivity index (χ4n) is 3.72. The van der Waals surface area contributed by atoms with Gasteiger partial charge in [-0.3, -0.25) is 9.78 Å². The van der Waals surface area contributed by atoms with Crippen molar-refractivity contribution in [1.82, 2.24) is 24.6 Å². The number of benzene rings is 1. The van der Waals surface area contributed by atoms with Gasteiger partial charge in [0, 0.05) is 44.0 Å². The Morgan fingerprint density at radius 3 is 2.48 bits per heavy atom. The first-order valence-corrected chi connectivity index (χ1v) is 10.1. The minimum Gasteiger partial charge on any atom is -0.338 e. The summed E-state index contributed by atoms with van der Waals surface area (Å²) in [5.41, 5.74) is 1.46. The van der Waals surface area contributed by atoms with E-state index in [2.05, 4.69) is 19.7 Å². The van der Waals surface area contributed by atoms with Crippen molar-refractivity contribution in [3.05, 3.63) is 66.0 Å². The Kier molecular flexibility index (Phi) is 5.93. The Bertz CT molecular complexity index is 955. The van der Waals surface area contributed by atoms with Crippen LogP contribution in [0.15, 0.2) is 48.8 Å². The van der Waals surface area contributed by atoms with Gasteiger partial charge in [0.15, 0.2) is 5.82 Å². The second-order valence-corrected chi connectivity index (χ2v) is 7.30. The summed E-state index contributed by atoms with van der Waals surface area (Å²) in [6, 6.07) is 9.93. The smallest absolute Gasteiger partial charge is 0.255 e. The quantitative estimate of drug-likeness (QED) is 0.665. The van der Waals surface area contributed by atoms with E-state index in [1.165, 1.54) is 12.1 Å². The molecule has 0 N–H and O–H groups in total. The van der Waals surface area contributed by atoms with E-state index < -0.39 is 0 Å². The van der Waals surface area contributed by atoms with E-state index >= 15 is 0 Å². The van der Waals surface area contributed by atoms with Crippen molar-refractivity contribution < 1.29 is 9.18 Å². The van der Waals surface area contributed by atoms with Crippen molar-refractivity contribution in [2.75, 3.05) is 13.1 Å². The molecule has 0 saturated heterocycles. The summed E-state index contributed by atoms with van der Waals surface area (Å²) < 4.78 is 15.4. The van der Waals surface area contributed by atoms with E-state index in [4.69, 9.17) is 0 Å². The van der Waals surface area contributed by atoms with Gasteiger partial charge in [-0.2, -0.15) is 0 Å². The summed E-state index contributed by atoms with van der Waals surface area (Å²) in [6.45, 7) is 2.13. The molecule has 0 radical (unpaired) electrons. The summed E-state index contributed by atoms with van der Waals surface area (Å²) in [4.78, 5) is 18.9. The van der Waals surface area contributed by atoms with Crippen LogP contribution in [0.25, 0.3) is 11.4 Å². The first kappa shape index (κ1) is 19.2. The first-order valence-electron chi connectivity index (χ1n) is 10.1. The van der Waals surface area contributed by atoms with Gasteiger partial charge < -0.3 is 9.47 Å². The van der Waals surface area contributed by atoms with Gasteiger partial charge in [0.1, 0.15) is 11.6 Å². The highest BCUT2D eigenvalue weighted by atomic mass is 19.1. The number of nitrogens with zero attached hydrogens (tertiary/aromatic N) is 5. The van der Waals surface area contributed by atoms with E-state index in [1.807, 2.05) is 4.90 Å². The van der Waals surface area contributed by atoms with Crippen molar-refractivity contribution >= 4 is 5.91 Å². The molecule has 0 spiro atoms. The molecule has 1 amide bonds. The fraction of sp³-hybridized carbons (Fsp3) is 0.364.